The molecule has 0 spiro atoms. The van der Waals surface area contributed by atoms with E-state index < -0.39 is 5.97 Å². The van der Waals surface area contributed by atoms with Crippen LogP contribution in [0.4, 0.5) is 0 Å². The van der Waals surface area contributed by atoms with Crippen molar-refractivity contribution >= 4 is 5.97 Å². The van der Waals surface area contributed by atoms with E-state index in [1.165, 1.54) is 5.69 Å². The summed E-state index contributed by atoms with van der Waals surface area (Å²) in [7, 11) is 0. The van der Waals surface area contributed by atoms with Crippen molar-refractivity contribution in [2.24, 2.45) is 0 Å². The normalized spacial score (nSPS) is 10.8. The maximum atomic E-state index is 10.3. The molecule has 18 heavy (non-hydrogen) atoms. The van der Waals surface area contributed by atoms with Gasteiger partial charge in [0.1, 0.15) is 0 Å². The van der Waals surface area contributed by atoms with Crippen molar-refractivity contribution in [1.29, 1.82) is 0 Å². The van der Waals surface area contributed by atoms with E-state index in [-0.39, 0.29) is 6.42 Å². The predicted octanol–water partition coefficient (Wildman–Crippen LogP) is 1.73. The molecule has 5 nitrogen and oxygen atoms in total. The molecule has 0 radical (unpaired) electrons. The summed E-state index contributed by atoms with van der Waals surface area (Å²) in [6, 6.07) is 2.08. The number of carboxylic acids is 1. The highest BCUT2D eigenvalue weighted by molar-refractivity contribution is 5.66. The van der Waals surface area contributed by atoms with Gasteiger partial charge in [-0.2, -0.15) is 5.10 Å². The van der Waals surface area contributed by atoms with Gasteiger partial charge in [-0.1, -0.05) is 0 Å². The van der Waals surface area contributed by atoms with Gasteiger partial charge >= 0.3 is 5.97 Å². The fourth-order valence-electron chi connectivity index (χ4n) is 1.91. The number of aromatic nitrogens is 2. The van der Waals surface area contributed by atoms with Crippen molar-refractivity contribution in [2.45, 2.75) is 46.1 Å². The van der Waals surface area contributed by atoms with Crippen LogP contribution in [0.1, 0.15) is 37.1 Å². The van der Waals surface area contributed by atoms with Crippen LogP contribution in [0.3, 0.4) is 0 Å². The standard InChI is InChI=1S/C13H23N3O2/c1-11-10-12(2)16(15-11)9-5-8-14-7-4-3-6-13(17)18/h10,14H,3-9H2,1-2H3,(H,17,18). The summed E-state index contributed by atoms with van der Waals surface area (Å²) in [6.45, 7) is 6.85. The van der Waals surface area contributed by atoms with Crippen molar-refractivity contribution < 1.29 is 9.90 Å². The highest BCUT2D eigenvalue weighted by Crippen LogP contribution is 2.02. The third-order valence-electron chi connectivity index (χ3n) is 2.82. The first-order chi connectivity index (χ1) is 8.59. The lowest BCUT2D eigenvalue weighted by atomic mass is 10.2. The minimum absolute atomic E-state index is 0.271. The number of carbonyl (C=O) groups is 1. The fourth-order valence-corrected chi connectivity index (χ4v) is 1.91. The van der Waals surface area contributed by atoms with Crippen molar-refractivity contribution in [2.75, 3.05) is 13.1 Å². The second-order valence-electron chi connectivity index (χ2n) is 4.60. The summed E-state index contributed by atoms with van der Waals surface area (Å²) in [5, 5.41) is 16.2. The van der Waals surface area contributed by atoms with Crippen LogP contribution < -0.4 is 5.32 Å². The first kappa shape index (κ1) is 14.7. The van der Waals surface area contributed by atoms with E-state index in [0.717, 1.165) is 44.6 Å². The fraction of sp³-hybridized carbons (Fsp3) is 0.692. The van der Waals surface area contributed by atoms with Crippen LogP contribution in [0.15, 0.2) is 6.07 Å². The van der Waals surface area contributed by atoms with Crippen molar-refractivity contribution in [1.82, 2.24) is 15.1 Å². The Morgan fingerprint density at radius 2 is 2.06 bits per heavy atom. The number of nitrogens with one attached hydrogen (secondary N) is 1. The van der Waals surface area contributed by atoms with Gasteiger partial charge in [-0.15, -0.1) is 0 Å². The molecule has 0 aliphatic carbocycles. The Hall–Kier alpha value is -1.36. The largest absolute Gasteiger partial charge is 0.481 e. The quantitative estimate of drug-likeness (QED) is 0.658. The van der Waals surface area contributed by atoms with Gasteiger partial charge in [-0.05, 0) is 52.3 Å². The number of hydrogen-bond acceptors (Lipinski definition) is 3. The number of nitrogens with zero attached hydrogens (tertiary/aromatic N) is 2. The highest BCUT2D eigenvalue weighted by atomic mass is 16.4. The molecule has 1 heterocycles. The van der Waals surface area contributed by atoms with E-state index in [0.29, 0.717) is 0 Å². The first-order valence-corrected chi connectivity index (χ1v) is 6.53. The molecule has 0 aliphatic rings. The Morgan fingerprint density at radius 3 is 2.67 bits per heavy atom. The molecule has 0 aliphatic heterocycles. The Kier molecular flexibility index (Phi) is 6.43. The van der Waals surface area contributed by atoms with Gasteiger partial charge in [0, 0.05) is 18.7 Å². The molecule has 1 aromatic rings. The topological polar surface area (TPSA) is 67.2 Å². The summed E-state index contributed by atoms with van der Waals surface area (Å²) < 4.78 is 2.03. The van der Waals surface area contributed by atoms with Crippen molar-refractivity contribution in [3.8, 4) is 0 Å². The van der Waals surface area contributed by atoms with Crippen LogP contribution in [0, 0.1) is 13.8 Å². The zero-order valence-corrected chi connectivity index (χ0v) is 11.3. The summed E-state index contributed by atoms with van der Waals surface area (Å²) in [4.78, 5) is 10.3. The van der Waals surface area contributed by atoms with Gasteiger partial charge in [-0.3, -0.25) is 9.48 Å². The summed E-state index contributed by atoms with van der Waals surface area (Å²) >= 11 is 0. The van der Waals surface area contributed by atoms with E-state index in [2.05, 4.69) is 23.4 Å². The maximum absolute atomic E-state index is 10.3. The van der Waals surface area contributed by atoms with Gasteiger partial charge in [0.2, 0.25) is 0 Å². The third kappa shape index (κ3) is 5.82. The summed E-state index contributed by atoms with van der Waals surface area (Å²) in [5.41, 5.74) is 2.27. The second kappa shape index (κ2) is 7.87. The van der Waals surface area contributed by atoms with Crippen LogP contribution in [0.5, 0.6) is 0 Å². The molecular weight excluding hydrogens is 230 g/mol. The lowest BCUT2D eigenvalue weighted by molar-refractivity contribution is -0.137. The SMILES string of the molecule is Cc1cc(C)n(CCCNCCCCC(=O)O)n1. The zero-order valence-electron chi connectivity index (χ0n) is 11.3. The monoisotopic (exact) mass is 253 g/mol. The summed E-state index contributed by atoms with van der Waals surface area (Å²) in [5.74, 6) is -0.709. The molecule has 0 aromatic carbocycles. The highest BCUT2D eigenvalue weighted by Gasteiger charge is 2.00. The van der Waals surface area contributed by atoms with Crippen LogP contribution in [0.25, 0.3) is 0 Å². The molecule has 1 rings (SSSR count). The minimum Gasteiger partial charge on any atom is -0.481 e. The predicted molar refractivity (Wildman–Crippen MR) is 70.7 cm³/mol. The minimum atomic E-state index is -0.709. The molecule has 2 N–H and O–H groups in total. The Morgan fingerprint density at radius 1 is 1.33 bits per heavy atom. The number of aryl methyl sites for hydroxylation is 3. The van der Waals surface area contributed by atoms with E-state index in [9.17, 15) is 4.79 Å². The second-order valence-corrected chi connectivity index (χ2v) is 4.60. The van der Waals surface area contributed by atoms with Crippen molar-refractivity contribution in [3.05, 3.63) is 17.5 Å². The van der Waals surface area contributed by atoms with Gasteiger partial charge in [-0.25, -0.2) is 0 Å². The van der Waals surface area contributed by atoms with Gasteiger partial charge in [0.25, 0.3) is 0 Å². The van der Waals surface area contributed by atoms with E-state index >= 15 is 0 Å². The molecule has 0 unspecified atom stereocenters. The van der Waals surface area contributed by atoms with E-state index in [1.807, 2.05) is 11.6 Å². The Bertz CT molecular complexity index is 374. The zero-order chi connectivity index (χ0) is 13.4. The Labute approximate surface area is 108 Å². The molecule has 0 saturated carbocycles. The number of unbranched alkanes of at least 4 members (excludes halogenated alkanes) is 1. The average molecular weight is 253 g/mol. The smallest absolute Gasteiger partial charge is 0.303 e. The number of aliphatic carboxylic acids is 1. The van der Waals surface area contributed by atoms with Crippen LogP contribution >= 0.6 is 0 Å². The molecule has 0 atom stereocenters. The molecule has 102 valence electrons. The summed E-state index contributed by atoms with van der Waals surface area (Å²) in [6.07, 6.45) is 2.99. The van der Waals surface area contributed by atoms with Gasteiger partial charge in [0.05, 0.1) is 5.69 Å². The van der Waals surface area contributed by atoms with Crippen LogP contribution in [-0.4, -0.2) is 33.9 Å². The molecule has 5 heteroatoms. The van der Waals surface area contributed by atoms with E-state index in [4.69, 9.17) is 5.11 Å². The van der Waals surface area contributed by atoms with Gasteiger partial charge < -0.3 is 10.4 Å². The maximum Gasteiger partial charge on any atom is 0.303 e. The van der Waals surface area contributed by atoms with Crippen molar-refractivity contribution in [3.63, 3.8) is 0 Å². The lowest BCUT2D eigenvalue weighted by Crippen LogP contribution is -2.19. The number of carboxylic acid groups (broad SMARTS) is 1. The lowest BCUT2D eigenvalue weighted by Gasteiger charge is -2.06. The third-order valence-corrected chi connectivity index (χ3v) is 2.82. The van der Waals surface area contributed by atoms with Gasteiger partial charge in [0.15, 0.2) is 0 Å². The van der Waals surface area contributed by atoms with Crippen LogP contribution in [0.2, 0.25) is 0 Å². The molecule has 0 bridgehead atoms. The molecule has 0 saturated heterocycles. The Balaban J connectivity index is 1.99. The molecule has 1 aromatic heterocycles. The molecular formula is C13H23N3O2. The average Bonchev–Trinajstić information content (AvgIpc) is 2.61. The molecule has 0 fully saturated rings. The first-order valence-electron chi connectivity index (χ1n) is 6.53. The van der Waals surface area contributed by atoms with E-state index in [1.54, 1.807) is 0 Å². The van der Waals surface area contributed by atoms with Crippen LogP contribution in [-0.2, 0) is 11.3 Å². The number of hydrogen-bond donors (Lipinski definition) is 2. The molecule has 0 amide bonds. The number of rotatable bonds is 9.